The Balaban J connectivity index is 1.13. The van der Waals surface area contributed by atoms with Crippen molar-refractivity contribution >= 4 is 39.8 Å². The second kappa shape index (κ2) is 16.3. The van der Waals surface area contributed by atoms with Gasteiger partial charge in [-0.1, -0.05) is 65.9 Å². The number of hydrogen-bond donors (Lipinski definition) is 5. The van der Waals surface area contributed by atoms with Crippen LogP contribution in [0.1, 0.15) is 67.6 Å². The predicted molar refractivity (Wildman–Crippen MR) is 173 cm³/mol. The molecule has 1 aliphatic heterocycles. The van der Waals surface area contributed by atoms with Crippen LogP contribution < -0.4 is 16.0 Å². The second-order valence-corrected chi connectivity index (χ2v) is 12.7. The van der Waals surface area contributed by atoms with Gasteiger partial charge in [-0.2, -0.15) is 5.10 Å². The Morgan fingerprint density at radius 1 is 0.886 bits per heavy atom. The van der Waals surface area contributed by atoms with E-state index >= 15 is 0 Å². The summed E-state index contributed by atoms with van der Waals surface area (Å²) in [5.74, 6) is 0.344. The molecule has 3 aromatic rings. The summed E-state index contributed by atoms with van der Waals surface area (Å²) in [6.07, 6.45) is 4.95. The minimum Gasteiger partial charge on any atom is -0.389 e. The third-order valence-electron chi connectivity index (χ3n) is 6.83. The van der Waals surface area contributed by atoms with Crippen LogP contribution in [0, 0.1) is 0 Å². The van der Waals surface area contributed by atoms with Gasteiger partial charge < -0.3 is 20.8 Å². The zero-order valence-corrected chi connectivity index (χ0v) is 26.1. The lowest BCUT2D eigenvalue weighted by atomic mass is 10.0. The molecule has 2 amide bonds. The minimum absolute atomic E-state index is 0.0838. The van der Waals surface area contributed by atoms with Crippen molar-refractivity contribution in [1.29, 1.82) is 0 Å². The summed E-state index contributed by atoms with van der Waals surface area (Å²) in [7, 11) is 0. The van der Waals surface area contributed by atoms with Gasteiger partial charge in [0.25, 0.3) is 0 Å². The molecule has 1 unspecified atom stereocenters. The van der Waals surface area contributed by atoms with E-state index in [2.05, 4.69) is 36.4 Å². The molecule has 44 heavy (non-hydrogen) atoms. The van der Waals surface area contributed by atoms with Gasteiger partial charge in [0.1, 0.15) is 17.1 Å². The van der Waals surface area contributed by atoms with Crippen LogP contribution in [0.4, 0.5) is 5.13 Å². The molecule has 0 fully saturated rings. The highest BCUT2D eigenvalue weighted by Crippen LogP contribution is 2.19. The van der Waals surface area contributed by atoms with E-state index in [4.69, 9.17) is 0 Å². The normalized spacial score (nSPS) is 14.0. The van der Waals surface area contributed by atoms with Crippen LogP contribution in [-0.2, 0) is 35.3 Å². The topological polar surface area (TPSA) is 161 Å². The maximum Gasteiger partial charge on any atom is 0.230 e. The number of carbonyl (C=O) groups excluding carboxylic acids is 2. The fraction of sp³-hybridized carbons (Fsp3) is 0.438. The molecular weight excluding hydrogens is 578 g/mol. The van der Waals surface area contributed by atoms with Crippen LogP contribution in [0.15, 0.2) is 64.8 Å². The van der Waals surface area contributed by atoms with E-state index in [1.165, 1.54) is 11.3 Å². The molecule has 1 aromatic heterocycles. The Hall–Kier alpha value is -3.84. The van der Waals surface area contributed by atoms with E-state index in [1.54, 1.807) is 13.8 Å². The lowest BCUT2D eigenvalue weighted by Crippen LogP contribution is -2.41. The molecule has 4 rings (SSSR count). The van der Waals surface area contributed by atoms with Crippen molar-refractivity contribution in [2.75, 3.05) is 11.9 Å². The predicted octanol–water partition coefficient (Wildman–Crippen LogP) is 3.56. The monoisotopic (exact) mass is 619 g/mol. The standard InChI is InChI=1S/C32H41N7O4S/c1-32(2,43)21-33-27(40)19-23-11-8-12-24(17-23)20-29(42)35-31-39-38-30(44-31)14-7-6-13-25-15-16-26(37-36-25)34-28(41)18-22-9-4-3-5-10-22/h3-5,8-12,17,27,33,40,43H,6-7,13-16,18-21H2,1-2H3,(H,34,37,41)(H,35,39,42). The van der Waals surface area contributed by atoms with Gasteiger partial charge in [-0.25, -0.2) is 0 Å². The van der Waals surface area contributed by atoms with Gasteiger partial charge >= 0.3 is 0 Å². The van der Waals surface area contributed by atoms with Crippen LogP contribution in [0.2, 0.25) is 0 Å². The lowest BCUT2D eigenvalue weighted by Gasteiger charge is -2.21. The molecule has 5 N–H and O–H groups in total. The molecule has 1 atom stereocenters. The molecule has 12 heteroatoms. The summed E-state index contributed by atoms with van der Waals surface area (Å²) >= 11 is 1.37. The summed E-state index contributed by atoms with van der Waals surface area (Å²) in [4.78, 5) is 24.9. The number of aromatic nitrogens is 2. The maximum absolute atomic E-state index is 12.6. The number of aliphatic hydroxyl groups excluding tert-OH is 1. The highest BCUT2D eigenvalue weighted by atomic mass is 32.1. The molecule has 0 saturated carbocycles. The Labute approximate surface area is 261 Å². The van der Waals surface area contributed by atoms with Gasteiger partial charge in [-0.05, 0) is 56.2 Å². The third kappa shape index (κ3) is 12.0. The summed E-state index contributed by atoms with van der Waals surface area (Å²) in [5.41, 5.74) is 2.79. The van der Waals surface area contributed by atoms with Crippen LogP contribution in [-0.4, -0.2) is 62.1 Å². The van der Waals surface area contributed by atoms with Crippen molar-refractivity contribution in [3.8, 4) is 0 Å². The number of aliphatic hydroxyl groups is 2. The molecule has 0 bridgehead atoms. The number of rotatable bonds is 15. The summed E-state index contributed by atoms with van der Waals surface area (Å²) in [6.45, 7) is 3.61. The first-order chi connectivity index (χ1) is 21.1. The zero-order chi connectivity index (χ0) is 31.4. The highest BCUT2D eigenvalue weighted by molar-refractivity contribution is 7.15. The molecule has 0 spiro atoms. The molecule has 2 heterocycles. The van der Waals surface area contributed by atoms with Gasteiger partial charge in [-0.3, -0.25) is 14.9 Å². The number of amidine groups is 1. The van der Waals surface area contributed by atoms with Gasteiger partial charge in [0.05, 0.1) is 18.4 Å². The van der Waals surface area contributed by atoms with Crippen molar-refractivity contribution in [2.24, 2.45) is 10.2 Å². The summed E-state index contributed by atoms with van der Waals surface area (Å²) < 4.78 is 0. The molecule has 0 radical (unpaired) electrons. The van der Waals surface area contributed by atoms with Crippen LogP contribution >= 0.6 is 11.3 Å². The van der Waals surface area contributed by atoms with Crippen molar-refractivity contribution in [1.82, 2.24) is 20.8 Å². The quantitative estimate of drug-likeness (QED) is 0.128. The van der Waals surface area contributed by atoms with Gasteiger partial charge in [-0.15, -0.1) is 15.3 Å². The first-order valence-electron chi connectivity index (χ1n) is 14.9. The number of nitrogens with zero attached hydrogens (tertiary/aromatic N) is 4. The number of anilines is 1. The minimum atomic E-state index is -0.915. The molecule has 11 nitrogen and oxygen atoms in total. The Kier molecular flexibility index (Phi) is 12.2. The number of carbonyl (C=O) groups is 2. The first-order valence-corrected chi connectivity index (χ1v) is 15.7. The Morgan fingerprint density at radius 3 is 2.34 bits per heavy atom. The van der Waals surface area contributed by atoms with E-state index < -0.39 is 11.8 Å². The SMILES string of the molecule is CC(C)(O)CNC(O)Cc1cccc(CC(=O)Nc2nnc(CCCCC3=NN=C(NC(=O)Cc4ccccc4)CC3)s2)c1. The molecular formula is C32H41N7O4S. The van der Waals surface area contributed by atoms with Crippen LogP contribution in [0.25, 0.3) is 0 Å². The molecule has 0 saturated heterocycles. The van der Waals surface area contributed by atoms with E-state index in [1.807, 2.05) is 54.6 Å². The fourth-order valence-electron chi connectivity index (χ4n) is 4.63. The van der Waals surface area contributed by atoms with E-state index in [0.717, 1.165) is 59.5 Å². The lowest BCUT2D eigenvalue weighted by molar-refractivity contribution is -0.119. The molecule has 2 aromatic carbocycles. The number of nitrogens with one attached hydrogen (secondary N) is 3. The van der Waals surface area contributed by atoms with E-state index in [0.29, 0.717) is 30.2 Å². The third-order valence-corrected chi connectivity index (χ3v) is 7.73. The van der Waals surface area contributed by atoms with Gasteiger partial charge in [0.2, 0.25) is 16.9 Å². The smallest absolute Gasteiger partial charge is 0.230 e. The summed E-state index contributed by atoms with van der Waals surface area (Å²) in [5, 5.41) is 46.8. The number of amides is 2. The van der Waals surface area contributed by atoms with Crippen molar-refractivity contribution < 1.29 is 19.8 Å². The average molecular weight is 620 g/mol. The average Bonchev–Trinajstić information content (AvgIpc) is 3.42. The number of aryl methyl sites for hydroxylation is 1. The van der Waals surface area contributed by atoms with Crippen molar-refractivity contribution in [2.45, 2.75) is 83.5 Å². The second-order valence-electron chi connectivity index (χ2n) is 11.6. The number of unbranched alkanes of at least 4 members (excludes halogenated alkanes) is 1. The van der Waals surface area contributed by atoms with E-state index in [-0.39, 0.29) is 24.8 Å². The Bertz CT molecular complexity index is 1450. The zero-order valence-electron chi connectivity index (χ0n) is 25.3. The summed E-state index contributed by atoms with van der Waals surface area (Å²) in [6, 6.07) is 17.1. The van der Waals surface area contributed by atoms with Gasteiger partial charge in [0, 0.05) is 31.5 Å². The fourth-order valence-corrected chi connectivity index (χ4v) is 5.43. The van der Waals surface area contributed by atoms with Crippen LogP contribution in [0.5, 0.6) is 0 Å². The highest BCUT2D eigenvalue weighted by Gasteiger charge is 2.16. The van der Waals surface area contributed by atoms with Crippen molar-refractivity contribution in [3.63, 3.8) is 0 Å². The largest absolute Gasteiger partial charge is 0.389 e. The van der Waals surface area contributed by atoms with Crippen LogP contribution in [0.3, 0.4) is 0 Å². The molecule has 234 valence electrons. The van der Waals surface area contributed by atoms with Gasteiger partial charge in [0.15, 0.2) is 0 Å². The number of hydrogen-bond acceptors (Lipinski definition) is 10. The Morgan fingerprint density at radius 2 is 1.59 bits per heavy atom. The van der Waals surface area contributed by atoms with Crippen molar-refractivity contribution in [3.05, 3.63) is 76.3 Å². The molecule has 1 aliphatic rings. The number of benzene rings is 2. The first kappa shape index (κ1) is 33.1. The molecule has 0 aliphatic carbocycles. The maximum atomic E-state index is 12.6. The van der Waals surface area contributed by atoms with E-state index in [9.17, 15) is 19.8 Å².